The van der Waals surface area contributed by atoms with Crippen LogP contribution in [0.4, 0.5) is 10.1 Å². The average molecular weight is 538 g/mol. The van der Waals surface area contributed by atoms with Crippen molar-refractivity contribution in [2.24, 2.45) is 5.92 Å². The van der Waals surface area contributed by atoms with Crippen LogP contribution < -0.4 is 10.1 Å². The van der Waals surface area contributed by atoms with Gasteiger partial charge in [0.25, 0.3) is 0 Å². The van der Waals surface area contributed by atoms with Gasteiger partial charge in [-0.25, -0.2) is 9.37 Å². The Morgan fingerprint density at radius 2 is 1.98 bits per heavy atom. The van der Waals surface area contributed by atoms with Crippen LogP contribution in [0.3, 0.4) is 0 Å². The van der Waals surface area contributed by atoms with Gasteiger partial charge in [0, 0.05) is 48.2 Å². The standard InChI is InChI=1S/C31H28FN5O3/c32-23-8-10-25(11-9-23)40-29-13-4-19(16-34-29)2-1-3-28(38)30-26-15-21(7-12-27(26)36-37-30)22-14-24(18-33-17-22)35-31(39)20-5-6-20/h4,7-10,12-18,20,25H,1-3,5-6,11H2,(H,35,39)(H,36,37). The van der Waals surface area contributed by atoms with E-state index in [-0.39, 0.29) is 29.5 Å². The fourth-order valence-corrected chi connectivity index (χ4v) is 4.68. The van der Waals surface area contributed by atoms with Gasteiger partial charge in [-0.05, 0) is 73.2 Å². The molecule has 2 aliphatic carbocycles. The highest BCUT2D eigenvalue weighted by atomic mass is 19.1. The number of ether oxygens (including phenoxy) is 1. The minimum atomic E-state index is -0.251. The summed E-state index contributed by atoms with van der Waals surface area (Å²) in [5.41, 5.74) is 4.58. The number of nitrogens with one attached hydrogen (secondary N) is 2. The van der Waals surface area contributed by atoms with E-state index in [1.54, 1.807) is 30.7 Å². The lowest BCUT2D eigenvalue weighted by Crippen LogP contribution is -2.15. The van der Waals surface area contributed by atoms with E-state index in [1.165, 1.54) is 12.2 Å². The number of aromatic amines is 1. The second-order valence-corrected chi connectivity index (χ2v) is 10.2. The molecular formula is C31H28FN5O3. The first kappa shape index (κ1) is 25.6. The van der Waals surface area contributed by atoms with Crippen molar-refractivity contribution in [1.29, 1.82) is 0 Å². The Morgan fingerprint density at radius 3 is 2.75 bits per heavy atom. The second kappa shape index (κ2) is 11.2. The number of nitrogens with zero attached hydrogens (tertiary/aromatic N) is 3. The molecule has 0 spiro atoms. The molecule has 6 rings (SSSR count). The molecule has 4 aromatic rings. The van der Waals surface area contributed by atoms with Crippen molar-refractivity contribution in [1.82, 2.24) is 20.2 Å². The zero-order valence-corrected chi connectivity index (χ0v) is 21.8. The minimum Gasteiger partial charge on any atom is -0.470 e. The molecule has 8 nitrogen and oxygen atoms in total. The maximum absolute atomic E-state index is 13.1. The number of carbonyl (C=O) groups is 2. The van der Waals surface area contributed by atoms with Gasteiger partial charge in [-0.2, -0.15) is 5.10 Å². The first-order valence-electron chi connectivity index (χ1n) is 13.4. The summed E-state index contributed by atoms with van der Waals surface area (Å²) < 4.78 is 18.9. The van der Waals surface area contributed by atoms with Crippen molar-refractivity contribution in [2.75, 3.05) is 5.32 Å². The highest BCUT2D eigenvalue weighted by molar-refractivity contribution is 6.06. The summed E-state index contributed by atoms with van der Waals surface area (Å²) in [5, 5.41) is 10.9. The van der Waals surface area contributed by atoms with Crippen molar-refractivity contribution >= 4 is 28.3 Å². The molecule has 1 saturated carbocycles. The third-order valence-corrected chi connectivity index (χ3v) is 7.07. The van der Waals surface area contributed by atoms with Gasteiger partial charge in [-0.3, -0.25) is 19.7 Å². The number of aromatic nitrogens is 4. The number of H-pyrrole nitrogens is 1. The van der Waals surface area contributed by atoms with Gasteiger partial charge in [0.2, 0.25) is 11.8 Å². The van der Waals surface area contributed by atoms with Gasteiger partial charge in [-0.15, -0.1) is 0 Å². The van der Waals surface area contributed by atoms with Gasteiger partial charge in [0.1, 0.15) is 17.6 Å². The van der Waals surface area contributed by atoms with Crippen molar-refractivity contribution in [3.8, 4) is 17.0 Å². The normalized spacial score (nSPS) is 16.5. The Bertz CT molecular complexity index is 1620. The number of allylic oxidation sites excluding steroid dienone is 2. The molecule has 0 saturated heterocycles. The number of ketones is 1. The Hall–Kier alpha value is -4.66. The fourth-order valence-electron chi connectivity index (χ4n) is 4.68. The van der Waals surface area contributed by atoms with Crippen LogP contribution >= 0.6 is 0 Å². The molecule has 1 fully saturated rings. The summed E-state index contributed by atoms with van der Waals surface area (Å²) in [5.74, 6) is 0.335. The lowest BCUT2D eigenvalue weighted by atomic mass is 10.0. The topological polar surface area (TPSA) is 110 Å². The number of pyridine rings is 2. The fraction of sp³-hybridized carbons (Fsp3) is 0.258. The number of carbonyl (C=O) groups excluding carboxylic acids is 2. The lowest BCUT2D eigenvalue weighted by molar-refractivity contribution is -0.117. The van der Waals surface area contributed by atoms with Gasteiger partial charge >= 0.3 is 0 Å². The van der Waals surface area contributed by atoms with Crippen LogP contribution in [0.1, 0.15) is 48.2 Å². The maximum atomic E-state index is 13.1. The summed E-state index contributed by atoms with van der Waals surface area (Å²) >= 11 is 0. The van der Waals surface area contributed by atoms with Crippen LogP contribution in [0.25, 0.3) is 22.0 Å². The molecule has 1 amide bonds. The predicted molar refractivity (Wildman–Crippen MR) is 150 cm³/mol. The molecule has 3 heterocycles. The number of aryl methyl sites for hydroxylation is 1. The summed E-state index contributed by atoms with van der Waals surface area (Å²) in [6.45, 7) is 0. The quantitative estimate of drug-likeness (QED) is 0.235. The summed E-state index contributed by atoms with van der Waals surface area (Å²) in [6.07, 6.45) is 13.5. The van der Waals surface area contributed by atoms with Crippen molar-refractivity contribution in [3.05, 3.63) is 90.3 Å². The zero-order valence-electron chi connectivity index (χ0n) is 21.8. The molecule has 202 valence electrons. The summed E-state index contributed by atoms with van der Waals surface area (Å²) in [6, 6.07) is 11.4. The van der Waals surface area contributed by atoms with Gasteiger partial charge in [0.05, 0.1) is 17.4 Å². The van der Waals surface area contributed by atoms with E-state index in [0.717, 1.165) is 40.4 Å². The first-order valence-corrected chi connectivity index (χ1v) is 13.4. The molecule has 2 N–H and O–H groups in total. The van der Waals surface area contributed by atoms with Gasteiger partial charge < -0.3 is 10.1 Å². The lowest BCUT2D eigenvalue weighted by Gasteiger charge is -2.15. The highest BCUT2D eigenvalue weighted by Crippen LogP contribution is 2.31. The average Bonchev–Trinajstić information content (AvgIpc) is 3.74. The van der Waals surface area contributed by atoms with Crippen molar-refractivity contribution < 1.29 is 18.7 Å². The van der Waals surface area contributed by atoms with Crippen molar-refractivity contribution in [3.63, 3.8) is 0 Å². The molecule has 1 aromatic carbocycles. The van der Waals surface area contributed by atoms with Crippen LogP contribution in [0.5, 0.6) is 5.88 Å². The predicted octanol–water partition coefficient (Wildman–Crippen LogP) is 6.13. The molecule has 0 radical (unpaired) electrons. The third-order valence-electron chi connectivity index (χ3n) is 7.07. The monoisotopic (exact) mass is 537 g/mol. The van der Waals surface area contributed by atoms with E-state index in [4.69, 9.17) is 4.74 Å². The number of hydrogen-bond donors (Lipinski definition) is 2. The van der Waals surface area contributed by atoms with E-state index >= 15 is 0 Å². The zero-order chi connectivity index (χ0) is 27.5. The smallest absolute Gasteiger partial charge is 0.227 e. The summed E-state index contributed by atoms with van der Waals surface area (Å²) in [7, 11) is 0. The molecule has 1 atom stereocenters. The van der Waals surface area contributed by atoms with Crippen LogP contribution in [0.2, 0.25) is 0 Å². The molecule has 3 aromatic heterocycles. The Balaban J connectivity index is 1.07. The van der Waals surface area contributed by atoms with Crippen molar-refractivity contribution in [2.45, 2.75) is 44.6 Å². The Labute approximate surface area is 230 Å². The van der Waals surface area contributed by atoms with E-state index in [0.29, 0.717) is 42.9 Å². The van der Waals surface area contributed by atoms with E-state index in [1.807, 2.05) is 30.3 Å². The van der Waals surface area contributed by atoms with E-state index in [9.17, 15) is 14.0 Å². The number of amides is 1. The minimum absolute atomic E-state index is 0.0320. The Kier molecular flexibility index (Phi) is 7.18. The largest absolute Gasteiger partial charge is 0.470 e. The Morgan fingerprint density at radius 1 is 1.07 bits per heavy atom. The summed E-state index contributed by atoms with van der Waals surface area (Å²) in [4.78, 5) is 33.9. The second-order valence-electron chi connectivity index (χ2n) is 10.2. The van der Waals surface area contributed by atoms with E-state index < -0.39 is 0 Å². The maximum Gasteiger partial charge on any atom is 0.227 e. The van der Waals surface area contributed by atoms with Gasteiger partial charge in [-0.1, -0.05) is 12.1 Å². The van der Waals surface area contributed by atoms with Crippen LogP contribution in [-0.4, -0.2) is 38.0 Å². The number of rotatable bonds is 10. The first-order chi connectivity index (χ1) is 19.5. The van der Waals surface area contributed by atoms with E-state index in [2.05, 4.69) is 25.5 Å². The van der Waals surface area contributed by atoms with Crippen LogP contribution in [-0.2, 0) is 11.2 Å². The molecule has 40 heavy (non-hydrogen) atoms. The highest BCUT2D eigenvalue weighted by Gasteiger charge is 2.29. The van der Waals surface area contributed by atoms with Crippen LogP contribution in [0.15, 0.2) is 79.0 Å². The molecular weight excluding hydrogens is 509 g/mol. The third kappa shape index (κ3) is 5.98. The number of anilines is 1. The molecule has 9 heteroatoms. The molecule has 1 unspecified atom stereocenters. The SMILES string of the molecule is O=C(CCCc1ccc(OC2C=CC(F)=CC2)nc1)c1n[nH]c2ccc(-c3cncc(NC(=O)C4CC4)c3)cc12. The molecule has 0 bridgehead atoms. The van der Waals surface area contributed by atoms with Gasteiger partial charge in [0.15, 0.2) is 5.78 Å². The number of fused-ring (bicyclic) bond motifs is 1. The number of Topliss-reactive ketones (excluding diaryl/α,β-unsaturated/α-hetero) is 1. The number of hydrogen-bond acceptors (Lipinski definition) is 6. The number of benzene rings is 1. The molecule has 2 aliphatic rings. The molecule has 0 aliphatic heterocycles. The number of halogens is 1. The van der Waals surface area contributed by atoms with Crippen LogP contribution in [0, 0.1) is 5.92 Å².